The molecule has 154 valence electrons. The zero-order chi connectivity index (χ0) is 21.2. The van der Waals surface area contributed by atoms with Crippen LogP contribution in [-0.2, 0) is 26.6 Å². The molecule has 1 heterocycles. The molecule has 2 aromatic carbocycles. The maximum atomic E-state index is 13.8. The fourth-order valence-corrected chi connectivity index (χ4v) is 4.47. The van der Waals surface area contributed by atoms with E-state index in [2.05, 4.69) is 4.72 Å². The summed E-state index contributed by atoms with van der Waals surface area (Å²) in [5.41, 5.74) is -0.227. The number of hydrogen-bond acceptors (Lipinski definition) is 5. The van der Waals surface area contributed by atoms with Gasteiger partial charge in [-0.1, -0.05) is 6.07 Å². The fraction of sp³-hybridized carbons (Fsp3) is 0.0588. The fourth-order valence-electron chi connectivity index (χ4n) is 2.32. The Bertz CT molecular complexity index is 1240. The van der Waals surface area contributed by atoms with E-state index in [4.69, 9.17) is 4.42 Å². The second-order valence-corrected chi connectivity index (χ2v) is 9.13. The molecule has 1 aromatic heterocycles. The maximum Gasteiger partial charge on any atom is 0.264 e. The van der Waals surface area contributed by atoms with Gasteiger partial charge >= 0.3 is 0 Å². The molecule has 12 heteroatoms. The summed E-state index contributed by atoms with van der Waals surface area (Å²) >= 11 is 0. The van der Waals surface area contributed by atoms with Crippen molar-refractivity contribution in [3.05, 3.63) is 78.0 Å². The molecule has 0 unspecified atom stereocenters. The van der Waals surface area contributed by atoms with Crippen LogP contribution in [0, 0.1) is 17.5 Å². The van der Waals surface area contributed by atoms with E-state index in [1.165, 1.54) is 24.5 Å². The van der Waals surface area contributed by atoms with Crippen LogP contribution in [0.25, 0.3) is 0 Å². The van der Waals surface area contributed by atoms with Gasteiger partial charge in [0.25, 0.3) is 10.0 Å². The lowest BCUT2D eigenvalue weighted by molar-refractivity contribution is 0.432. The monoisotopic (exact) mass is 446 g/mol. The Morgan fingerprint density at radius 3 is 2.31 bits per heavy atom. The largest absolute Gasteiger partial charge is 0.468 e. The third-order valence-corrected chi connectivity index (χ3v) is 6.50. The lowest BCUT2D eigenvalue weighted by Crippen LogP contribution is -2.23. The van der Waals surface area contributed by atoms with Crippen molar-refractivity contribution in [1.82, 2.24) is 4.72 Å². The highest BCUT2D eigenvalue weighted by Gasteiger charge is 2.24. The molecule has 3 rings (SSSR count). The van der Waals surface area contributed by atoms with Crippen molar-refractivity contribution in [2.45, 2.75) is 16.3 Å². The van der Waals surface area contributed by atoms with Gasteiger partial charge in [0.05, 0.1) is 23.4 Å². The summed E-state index contributed by atoms with van der Waals surface area (Å²) in [7, 11) is -8.68. The van der Waals surface area contributed by atoms with Crippen LogP contribution >= 0.6 is 0 Å². The van der Waals surface area contributed by atoms with Gasteiger partial charge in [-0.15, -0.1) is 0 Å². The zero-order valence-corrected chi connectivity index (χ0v) is 16.0. The van der Waals surface area contributed by atoms with Crippen molar-refractivity contribution in [1.29, 1.82) is 0 Å². The number of furan rings is 1. The summed E-state index contributed by atoms with van der Waals surface area (Å²) in [4.78, 5) is -1.41. The molecule has 29 heavy (non-hydrogen) atoms. The van der Waals surface area contributed by atoms with Crippen molar-refractivity contribution < 1.29 is 34.4 Å². The summed E-state index contributed by atoms with van der Waals surface area (Å²) in [5.74, 6) is -5.01. The minimum Gasteiger partial charge on any atom is -0.468 e. The average molecular weight is 446 g/mol. The SMILES string of the molecule is O=S(=O)(NCc1ccco1)c1cccc(NS(=O)(=O)c2ccc(F)c(F)c2F)c1. The van der Waals surface area contributed by atoms with Crippen LogP contribution in [0.3, 0.4) is 0 Å². The molecule has 0 spiro atoms. The molecular weight excluding hydrogens is 433 g/mol. The number of halogens is 3. The number of hydrogen-bond donors (Lipinski definition) is 2. The first kappa shape index (κ1) is 20.9. The van der Waals surface area contributed by atoms with Crippen LogP contribution in [0.4, 0.5) is 18.9 Å². The molecule has 0 aliphatic rings. The number of rotatable bonds is 7. The van der Waals surface area contributed by atoms with E-state index in [0.29, 0.717) is 17.9 Å². The maximum absolute atomic E-state index is 13.8. The molecule has 0 amide bonds. The van der Waals surface area contributed by atoms with E-state index >= 15 is 0 Å². The molecule has 7 nitrogen and oxygen atoms in total. The van der Waals surface area contributed by atoms with E-state index in [0.717, 1.165) is 6.07 Å². The average Bonchev–Trinajstić information content (AvgIpc) is 3.18. The number of sulfonamides is 2. The van der Waals surface area contributed by atoms with Crippen molar-refractivity contribution in [2.75, 3.05) is 4.72 Å². The molecule has 2 N–H and O–H groups in total. The van der Waals surface area contributed by atoms with Gasteiger partial charge in [-0.05, 0) is 42.5 Å². The number of nitrogens with one attached hydrogen (secondary N) is 2. The molecule has 3 aromatic rings. The second-order valence-electron chi connectivity index (χ2n) is 5.71. The quantitative estimate of drug-likeness (QED) is 0.543. The molecule has 0 saturated heterocycles. The molecule has 0 radical (unpaired) electrons. The van der Waals surface area contributed by atoms with Gasteiger partial charge in [0, 0.05) is 0 Å². The van der Waals surface area contributed by atoms with E-state index in [1.807, 2.05) is 4.72 Å². The van der Waals surface area contributed by atoms with Gasteiger partial charge in [-0.2, -0.15) is 0 Å². The minimum absolute atomic E-state index is 0.134. The van der Waals surface area contributed by atoms with E-state index < -0.39 is 42.4 Å². The molecule has 0 aliphatic heterocycles. The van der Waals surface area contributed by atoms with E-state index in [9.17, 15) is 30.0 Å². The zero-order valence-electron chi connectivity index (χ0n) is 14.4. The third kappa shape index (κ3) is 4.60. The Morgan fingerprint density at radius 2 is 1.62 bits per heavy atom. The third-order valence-electron chi connectivity index (χ3n) is 3.70. The molecule has 0 aliphatic carbocycles. The second kappa shape index (κ2) is 7.89. The molecule has 0 fully saturated rings. The smallest absolute Gasteiger partial charge is 0.264 e. The van der Waals surface area contributed by atoms with Gasteiger partial charge in [0.1, 0.15) is 10.7 Å². The molecule has 0 bridgehead atoms. The van der Waals surface area contributed by atoms with Gasteiger partial charge in [0.2, 0.25) is 10.0 Å². The predicted octanol–water partition coefficient (Wildman–Crippen LogP) is 2.98. The lowest BCUT2D eigenvalue weighted by atomic mass is 10.3. The predicted molar refractivity (Wildman–Crippen MR) is 96.3 cm³/mol. The first-order chi connectivity index (χ1) is 13.6. The summed E-state index contributed by atoms with van der Waals surface area (Å²) in [6, 6.07) is 8.82. The van der Waals surface area contributed by atoms with E-state index in [1.54, 1.807) is 12.1 Å². The normalized spacial score (nSPS) is 12.1. The summed E-state index contributed by atoms with van der Waals surface area (Å²) in [6.45, 7) is -0.134. The Hall–Kier alpha value is -2.83. The van der Waals surface area contributed by atoms with Crippen LogP contribution in [0.2, 0.25) is 0 Å². The number of anilines is 1. The van der Waals surface area contributed by atoms with Crippen LogP contribution in [-0.4, -0.2) is 16.8 Å². The van der Waals surface area contributed by atoms with Crippen molar-refractivity contribution in [2.24, 2.45) is 0 Å². The van der Waals surface area contributed by atoms with Crippen LogP contribution in [0.1, 0.15) is 5.76 Å². The first-order valence-corrected chi connectivity index (χ1v) is 10.9. The Balaban J connectivity index is 1.85. The number of benzene rings is 2. The summed E-state index contributed by atoms with van der Waals surface area (Å²) in [5, 5.41) is 0. The van der Waals surface area contributed by atoms with Crippen LogP contribution in [0.15, 0.2) is 69.0 Å². The highest BCUT2D eigenvalue weighted by atomic mass is 32.2. The Kier molecular flexibility index (Phi) is 5.68. The van der Waals surface area contributed by atoms with Gasteiger partial charge in [-0.3, -0.25) is 4.72 Å². The molecule has 0 saturated carbocycles. The van der Waals surface area contributed by atoms with Crippen molar-refractivity contribution in [3.63, 3.8) is 0 Å². The van der Waals surface area contributed by atoms with Gasteiger partial charge < -0.3 is 4.42 Å². The standard InChI is InChI=1S/C17H13F3N2O5S2/c18-14-6-7-15(17(20)16(14)19)29(25,26)22-11-3-1-5-13(9-11)28(23,24)21-10-12-4-2-8-27-12/h1-9,21-22H,10H2. The Labute approximate surface area is 164 Å². The summed E-state index contributed by atoms with van der Waals surface area (Å²) in [6.07, 6.45) is 1.37. The lowest BCUT2D eigenvalue weighted by Gasteiger charge is -2.11. The van der Waals surface area contributed by atoms with Gasteiger partial charge in [0.15, 0.2) is 17.5 Å². The minimum atomic E-state index is -4.66. The van der Waals surface area contributed by atoms with Crippen molar-refractivity contribution >= 4 is 25.7 Å². The van der Waals surface area contributed by atoms with Crippen LogP contribution < -0.4 is 9.44 Å². The molecular formula is C17H13F3N2O5S2. The molecule has 0 atom stereocenters. The van der Waals surface area contributed by atoms with Crippen molar-refractivity contribution in [3.8, 4) is 0 Å². The Morgan fingerprint density at radius 1 is 0.862 bits per heavy atom. The topological polar surface area (TPSA) is 105 Å². The summed E-state index contributed by atoms with van der Waals surface area (Å²) < 4.78 is 98.8. The van der Waals surface area contributed by atoms with Crippen LogP contribution in [0.5, 0.6) is 0 Å². The first-order valence-electron chi connectivity index (χ1n) is 7.88. The van der Waals surface area contributed by atoms with Gasteiger partial charge in [-0.25, -0.2) is 34.7 Å². The highest BCUT2D eigenvalue weighted by molar-refractivity contribution is 7.92. The van der Waals surface area contributed by atoms with E-state index in [-0.39, 0.29) is 17.1 Å². The highest BCUT2D eigenvalue weighted by Crippen LogP contribution is 2.23.